The van der Waals surface area contributed by atoms with Gasteiger partial charge in [0.05, 0.1) is 6.61 Å². The Morgan fingerprint density at radius 2 is 2.00 bits per heavy atom. The zero-order chi connectivity index (χ0) is 19.0. The zero-order valence-corrected chi connectivity index (χ0v) is 16.6. The minimum Gasteiger partial charge on any atom is -0.407 e. The molecule has 1 aliphatic rings. The van der Waals surface area contributed by atoms with Crippen LogP contribution in [0.4, 0.5) is 0 Å². The summed E-state index contributed by atoms with van der Waals surface area (Å²) in [4.78, 5) is 25.7. The summed E-state index contributed by atoms with van der Waals surface area (Å²) in [6.07, 6.45) is -1.78. The summed E-state index contributed by atoms with van der Waals surface area (Å²) in [6, 6.07) is 1.24. The van der Waals surface area contributed by atoms with Gasteiger partial charge < -0.3 is 19.0 Å². The van der Waals surface area contributed by atoms with Crippen molar-refractivity contribution in [3.63, 3.8) is 0 Å². The lowest BCUT2D eigenvalue weighted by atomic mass is 10.1. The molecule has 1 unspecified atom stereocenters. The summed E-state index contributed by atoms with van der Waals surface area (Å²) in [5.74, 6) is 0. The summed E-state index contributed by atoms with van der Waals surface area (Å²) in [5, 5.41) is 10.6. The predicted octanol–water partition coefficient (Wildman–Crippen LogP) is 0.832. The van der Waals surface area contributed by atoms with Gasteiger partial charge in [-0.25, -0.2) is 4.79 Å². The normalized spacial score (nSPS) is 27.6. The second kappa shape index (κ2) is 7.16. The summed E-state index contributed by atoms with van der Waals surface area (Å²) >= 11 is 0. The first kappa shape index (κ1) is 20.1. The number of hydrogen-bond donors (Lipinski definition) is 2. The van der Waals surface area contributed by atoms with E-state index in [0.29, 0.717) is 0 Å². The molecule has 0 spiro atoms. The lowest BCUT2D eigenvalue weighted by Crippen LogP contribution is -2.49. The van der Waals surface area contributed by atoms with Gasteiger partial charge in [-0.2, -0.15) is 0 Å². The molecule has 0 bridgehead atoms. The molecule has 0 radical (unpaired) electrons. The highest BCUT2D eigenvalue weighted by molar-refractivity contribution is 6.74. The number of rotatable bonds is 5. The van der Waals surface area contributed by atoms with Gasteiger partial charge in [-0.1, -0.05) is 20.8 Å². The number of hydrogen-bond acceptors (Lipinski definition) is 6. The van der Waals surface area contributed by atoms with E-state index in [1.54, 1.807) is 0 Å². The van der Waals surface area contributed by atoms with Crippen molar-refractivity contribution in [2.24, 2.45) is 0 Å². The lowest BCUT2D eigenvalue weighted by Gasteiger charge is -2.40. The number of nitrogens with one attached hydrogen (secondary N) is 1. The first-order valence-corrected chi connectivity index (χ1v) is 11.2. The van der Waals surface area contributed by atoms with Crippen LogP contribution in [0.2, 0.25) is 18.1 Å². The van der Waals surface area contributed by atoms with Gasteiger partial charge in [0.15, 0.2) is 14.5 Å². The Morgan fingerprint density at radius 3 is 2.52 bits per heavy atom. The number of aromatic nitrogens is 2. The largest absolute Gasteiger partial charge is 0.407 e. The molecule has 25 heavy (non-hydrogen) atoms. The van der Waals surface area contributed by atoms with E-state index in [2.05, 4.69) is 38.8 Å². The van der Waals surface area contributed by atoms with Crippen molar-refractivity contribution in [2.75, 3.05) is 13.7 Å². The fourth-order valence-corrected chi connectivity index (χ4v) is 3.81. The molecule has 1 aromatic heterocycles. The fraction of sp³-hybridized carbons (Fsp3) is 0.750. The number of aliphatic hydroxyl groups excluding tert-OH is 1. The zero-order valence-electron chi connectivity index (χ0n) is 15.6. The Morgan fingerprint density at radius 1 is 1.36 bits per heavy atom. The van der Waals surface area contributed by atoms with Crippen molar-refractivity contribution >= 4 is 8.32 Å². The van der Waals surface area contributed by atoms with Crippen molar-refractivity contribution in [1.82, 2.24) is 9.55 Å². The molecule has 2 heterocycles. The van der Waals surface area contributed by atoms with Gasteiger partial charge >= 0.3 is 5.69 Å². The summed E-state index contributed by atoms with van der Waals surface area (Å²) in [6.45, 7) is 10.6. The highest BCUT2D eigenvalue weighted by atomic mass is 28.4. The number of aromatic amines is 1. The van der Waals surface area contributed by atoms with Crippen LogP contribution in [0, 0.1) is 0 Å². The average molecular weight is 372 g/mol. The Labute approximate surface area is 147 Å². The van der Waals surface area contributed by atoms with E-state index in [1.807, 2.05) is 0 Å². The van der Waals surface area contributed by atoms with Crippen LogP contribution in [0.15, 0.2) is 21.9 Å². The van der Waals surface area contributed by atoms with Crippen LogP contribution >= 0.6 is 0 Å². The van der Waals surface area contributed by atoms with Crippen molar-refractivity contribution in [3.8, 4) is 0 Å². The van der Waals surface area contributed by atoms with Crippen LogP contribution in [-0.2, 0) is 13.9 Å². The Hall–Kier alpha value is -1.26. The molecular formula is C16H28N2O6Si. The van der Waals surface area contributed by atoms with Crippen LogP contribution < -0.4 is 11.2 Å². The molecule has 8 nitrogen and oxygen atoms in total. The van der Waals surface area contributed by atoms with Gasteiger partial charge in [0.1, 0.15) is 18.3 Å². The second-order valence-electron chi connectivity index (χ2n) is 7.87. The summed E-state index contributed by atoms with van der Waals surface area (Å²) in [5.41, 5.74) is -1.10. The van der Waals surface area contributed by atoms with Gasteiger partial charge in [-0.05, 0) is 18.1 Å². The van der Waals surface area contributed by atoms with Crippen molar-refractivity contribution in [1.29, 1.82) is 0 Å². The maximum absolute atomic E-state index is 12.2. The number of aliphatic hydroxyl groups is 1. The quantitative estimate of drug-likeness (QED) is 0.742. The van der Waals surface area contributed by atoms with Crippen LogP contribution in [0.25, 0.3) is 0 Å². The molecule has 2 N–H and O–H groups in total. The molecule has 1 aliphatic heterocycles. The van der Waals surface area contributed by atoms with E-state index < -0.39 is 44.1 Å². The highest BCUT2D eigenvalue weighted by Gasteiger charge is 2.50. The first-order chi connectivity index (χ1) is 11.5. The van der Waals surface area contributed by atoms with Crippen molar-refractivity contribution in [3.05, 3.63) is 33.1 Å². The highest BCUT2D eigenvalue weighted by Crippen LogP contribution is 2.41. The molecular weight excluding hydrogens is 344 g/mol. The van der Waals surface area contributed by atoms with E-state index >= 15 is 0 Å². The molecule has 0 aliphatic carbocycles. The maximum atomic E-state index is 12.2. The van der Waals surface area contributed by atoms with E-state index in [4.69, 9.17) is 13.9 Å². The molecule has 9 heteroatoms. The average Bonchev–Trinajstić information content (AvgIpc) is 2.75. The predicted molar refractivity (Wildman–Crippen MR) is 95.2 cm³/mol. The van der Waals surface area contributed by atoms with Crippen molar-refractivity contribution in [2.45, 2.75) is 63.4 Å². The smallest absolute Gasteiger partial charge is 0.330 e. The molecule has 0 aromatic carbocycles. The molecule has 2 rings (SSSR count). The Bertz CT molecular complexity index is 708. The van der Waals surface area contributed by atoms with Crippen LogP contribution in [-0.4, -0.2) is 55.0 Å². The van der Waals surface area contributed by atoms with Gasteiger partial charge in [0.25, 0.3) is 5.56 Å². The third-order valence-corrected chi connectivity index (χ3v) is 9.48. The summed E-state index contributed by atoms with van der Waals surface area (Å²) in [7, 11) is -0.722. The number of H-pyrrole nitrogens is 1. The minimum absolute atomic E-state index is 0.0768. The SMILES string of the molecule is COC[C@H]1O[C@@H](n2ccc(=O)[nH]c2=O)[C@@H](O[Si](C)(C)C(C)(C)C)C1O. The standard InChI is InChI=1S/C16H28N2O6Si/c1-16(2,3)25(5,6)24-13-12(20)10(9-22-4)23-14(13)18-8-7-11(19)17-15(18)21/h7-8,10,12-14,20H,9H2,1-6H3,(H,17,19,21)/t10-,12?,13+,14-/m1/s1. The molecule has 142 valence electrons. The van der Waals surface area contributed by atoms with Gasteiger partial charge in [0, 0.05) is 19.4 Å². The van der Waals surface area contributed by atoms with Crippen molar-refractivity contribution < 1.29 is 19.0 Å². The molecule has 4 atom stereocenters. The fourth-order valence-electron chi connectivity index (χ4n) is 2.52. The topological polar surface area (TPSA) is 103 Å². The molecule has 1 saturated heterocycles. The minimum atomic E-state index is -2.24. The monoisotopic (exact) mass is 372 g/mol. The third kappa shape index (κ3) is 4.12. The third-order valence-electron chi connectivity index (χ3n) is 5.01. The Kier molecular flexibility index (Phi) is 5.74. The van der Waals surface area contributed by atoms with E-state index in [-0.39, 0.29) is 11.6 Å². The Balaban J connectivity index is 2.40. The van der Waals surface area contributed by atoms with Crippen LogP contribution in [0.5, 0.6) is 0 Å². The van der Waals surface area contributed by atoms with E-state index in [1.165, 1.54) is 23.9 Å². The van der Waals surface area contributed by atoms with Crippen LogP contribution in [0.1, 0.15) is 27.0 Å². The summed E-state index contributed by atoms with van der Waals surface area (Å²) < 4.78 is 18.6. The first-order valence-electron chi connectivity index (χ1n) is 8.29. The number of nitrogens with zero attached hydrogens (tertiary/aromatic N) is 1. The molecule has 1 fully saturated rings. The van der Waals surface area contributed by atoms with E-state index in [9.17, 15) is 14.7 Å². The second-order valence-corrected chi connectivity index (χ2v) is 12.6. The van der Waals surface area contributed by atoms with Gasteiger partial charge in [-0.15, -0.1) is 0 Å². The maximum Gasteiger partial charge on any atom is 0.330 e. The molecule has 0 amide bonds. The lowest BCUT2D eigenvalue weighted by molar-refractivity contribution is -0.0603. The van der Waals surface area contributed by atoms with E-state index in [0.717, 1.165) is 0 Å². The number of ether oxygens (including phenoxy) is 2. The van der Waals surface area contributed by atoms with Gasteiger partial charge in [-0.3, -0.25) is 14.3 Å². The molecule has 1 aromatic rings. The van der Waals surface area contributed by atoms with Gasteiger partial charge in [0.2, 0.25) is 0 Å². The molecule has 0 saturated carbocycles. The number of methoxy groups -OCH3 is 1. The van der Waals surface area contributed by atoms with Crippen LogP contribution in [0.3, 0.4) is 0 Å².